The van der Waals surface area contributed by atoms with Crippen molar-refractivity contribution in [3.63, 3.8) is 0 Å². The van der Waals surface area contributed by atoms with Crippen molar-refractivity contribution in [1.29, 1.82) is 0 Å². The van der Waals surface area contributed by atoms with E-state index in [1.165, 1.54) is 6.92 Å². The van der Waals surface area contributed by atoms with Crippen LogP contribution in [0.1, 0.15) is 12.6 Å². The lowest BCUT2D eigenvalue weighted by atomic mass is 10.4. The van der Waals surface area contributed by atoms with Crippen molar-refractivity contribution in [2.24, 2.45) is 0 Å². The zero-order chi connectivity index (χ0) is 10.6. The average Bonchev–Trinajstić information content (AvgIpc) is 2.18. The molecule has 0 aromatic carbocycles. The Morgan fingerprint density at radius 2 is 2.36 bits per heavy atom. The fraction of sp³-hybridized carbons (Fsp3) is 0.333. The van der Waals surface area contributed by atoms with Gasteiger partial charge in [0.1, 0.15) is 5.25 Å². The first-order chi connectivity index (χ1) is 6.61. The average molecular weight is 213 g/mol. The molecule has 0 aliphatic rings. The van der Waals surface area contributed by atoms with Gasteiger partial charge in [-0.1, -0.05) is 6.07 Å². The molecule has 0 spiro atoms. The van der Waals surface area contributed by atoms with Gasteiger partial charge in [0.05, 0.1) is 11.4 Å². The van der Waals surface area contributed by atoms with Crippen molar-refractivity contribution in [3.8, 4) is 0 Å². The number of nitrogens with zero attached hydrogens (tertiary/aromatic N) is 1. The molecule has 0 aliphatic carbocycles. The van der Waals surface area contributed by atoms with Crippen LogP contribution in [0.5, 0.6) is 0 Å². The van der Waals surface area contributed by atoms with Crippen LogP contribution in [0.15, 0.2) is 24.4 Å². The molecule has 1 aromatic rings. The molecule has 14 heavy (non-hydrogen) atoms. The molecule has 1 rings (SSSR count). The quantitative estimate of drug-likeness (QED) is 0.803. The monoisotopic (exact) mass is 213 g/mol. The highest BCUT2D eigenvalue weighted by atomic mass is 32.2. The predicted molar refractivity (Wildman–Crippen MR) is 53.2 cm³/mol. The lowest BCUT2D eigenvalue weighted by Gasteiger charge is -2.05. The molecule has 5 heteroatoms. The Morgan fingerprint density at radius 1 is 1.64 bits per heavy atom. The van der Waals surface area contributed by atoms with Crippen molar-refractivity contribution in [3.05, 3.63) is 30.1 Å². The van der Waals surface area contributed by atoms with Crippen molar-refractivity contribution in [2.45, 2.75) is 17.9 Å². The fourth-order valence-electron chi connectivity index (χ4n) is 0.867. The summed E-state index contributed by atoms with van der Waals surface area (Å²) < 4.78 is 11.4. The van der Waals surface area contributed by atoms with Crippen molar-refractivity contribution in [2.75, 3.05) is 0 Å². The number of aliphatic carboxylic acids is 1. The van der Waals surface area contributed by atoms with Crippen LogP contribution in [-0.2, 0) is 21.3 Å². The molecule has 0 amide bonds. The van der Waals surface area contributed by atoms with Gasteiger partial charge in [0.15, 0.2) is 0 Å². The van der Waals surface area contributed by atoms with Crippen LogP contribution in [0.2, 0.25) is 0 Å². The van der Waals surface area contributed by atoms with Gasteiger partial charge in [0, 0.05) is 17.0 Å². The lowest BCUT2D eigenvalue weighted by molar-refractivity contribution is -0.136. The first-order valence-corrected chi connectivity index (χ1v) is 5.49. The van der Waals surface area contributed by atoms with Crippen molar-refractivity contribution >= 4 is 16.8 Å². The van der Waals surface area contributed by atoms with E-state index in [-0.39, 0.29) is 5.75 Å². The number of rotatable bonds is 4. The van der Waals surface area contributed by atoms with Gasteiger partial charge in [-0.3, -0.25) is 14.0 Å². The molecule has 0 aliphatic heterocycles. The molecular weight excluding hydrogens is 202 g/mol. The van der Waals surface area contributed by atoms with E-state index in [1.54, 1.807) is 24.4 Å². The Labute approximate surface area is 84.4 Å². The largest absolute Gasteiger partial charge is 0.480 e. The zero-order valence-corrected chi connectivity index (χ0v) is 8.53. The van der Waals surface area contributed by atoms with Crippen LogP contribution in [0.25, 0.3) is 0 Å². The van der Waals surface area contributed by atoms with Crippen LogP contribution in [0.3, 0.4) is 0 Å². The maximum absolute atomic E-state index is 11.4. The second kappa shape index (κ2) is 4.85. The second-order valence-corrected chi connectivity index (χ2v) is 4.58. The molecule has 0 saturated heterocycles. The molecule has 0 radical (unpaired) electrons. The van der Waals surface area contributed by atoms with Gasteiger partial charge >= 0.3 is 5.97 Å². The Kier molecular flexibility index (Phi) is 3.76. The number of hydrogen-bond donors (Lipinski definition) is 1. The minimum absolute atomic E-state index is 0.189. The van der Waals surface area contributed by atoms with Gasteiger partial charge in [-0.05, 0) is 19.1 Å². The van der Waals surface area contributed by atoms with Crippen molar-refractivity contribution in [1.82, 2.24) is 4.98 Å². The Bertz CT molecular complexity index is 339. The minimum Gasteiger partial charge on any atom is -0.480 e. The van der Waals surface area contributed by atoms with Crippen LogP contribution in [0.4, 0.5) is 0 Å². The highest BCUT2D eigenvalue weighted by Crippen LogP contribution is 2.04. The summed E-state index contributed by atoms with van der Waals surface area (Å²) in [5.41, 5.74) is 0.652. The maximum Gasteiger partial charge on any atom is 0.318 e. The maximum atomic E-state index is 11.4. The van der Waals surface area contributed by atoms with E-state index in [2.05, 4.69) is 4.98 Å². The summed E-state index contributed by atoms with van der Waals surface area (Å²) in [4.78, 5) is 14.5. The summed E-state index contributed by atoms with van der Waals surface area (Å²) in [6, 6.07) is 5.27. The van der Waals surface area contributed by atoms with Gasteiger partial charge in [0.25, 0.3) is 0 Å². The number of aromatic nitrogens is 1. The molecular formula is C9H11NO3S. The van der Waals surface area contributed by atoms with Gasteiger partial charge in [-0.2, -0.15) is 0 Å². The van der Waals surface area contributed by atoms with E-state index in [0.29, 0.717) is 5.69 Å². The highest BCUT2D eigenvalue weighted by Gasteiger charge is 2.18. The third-order valence-corrected chi connectivity index (χ3v) is 3.33. The molecule has 0 bridgehead atoms. The number of carboxylic acid groups (broad SMARTS) is 1. The van der Waals surface area contributed by atoms with E-state index in [9.17, 15) is 9.00 Å². The first-order valence-electron chi connectivity index (χ1n) is 4.11. The molecule has 1 N–H and O–H groups in total. The summed E-state index contributed by atoms with van der Waals surface area (Å²) in [5, 5.41) is 7.77. The summed E-state index contributed by atoms with van der Waals surface area (Å²) in [5.74, 6) is -0.854. The second-order valence-electron chi connectivity index (χ2n) is 2.83. The summed E-state index contributed by atoms with van der Waals surface area (Å²) >= 11 is 0. The SMILES string of the molecule is CC(C(=O)O)S(=O)Cc1ccccn1. The zero-order valence-electron chi connectivity index (χ0n) is 7.71. The van der Waals surface area contributed by atoms with Gasteiger partial charge in [-0.25, -0.2) is 0 Å². The van der Waals surface area contributed by atoms with Crippen LogP contribution >= 0.6 is 0 Å². The van der Waals surface area contributed by atoms with Gasteiger partial charge in [-0.15, -0.1) is 0 Å². The van der Waals surface area contributed by atoms with Crippen molar-refractivity contribution < 1.29 is 14.1 Å². The summed E-state index contributed by atoms with van der Waals surface area (Å²) in [7, 11) is -1.41. The van der Waals surface area contributed by atoms with Crippen LogP contribution in [-0.4, -0.2) is 25.5 Å². The van der Waals surface area contributed by atoms with Crippen LogP contribution in [0, 0.1) is 0 Å². The molecule has 4 nitrogen and oxygen atoms in total. The molecule has 1 heterocycles. The molecule has 0 saturated carbocycles. The third kappa shape index (κ3) is 2.92. The minimum atomic E-state index is -1.41. The molecule has 2 atom stereocenters. The Hall–Kier alpha value is -1.23. The topological polar surface area (TPSA) is 67.3 Å². The smallest absolute Gasteiger partial charge is 0.318 e. The van der Waals surface area contributed by atoms with Gasteiger partial charge < -0.3 is 5.11 Å². The predicted octanol–water partition coefficient (Wildman–Crippen LogP) is 0.803. The fourth-order valence-corrected chi connectivity index (χ4v) is 1.80. The van der Waals surface area contributed by atoms with E-state index in [0.717, 1.165) is 0 Å². The van der Waals surface area contributed by atoms with Crippen LogP contribution < -0.4 is 0 Å². The molecule has 2 unspecified atom stereocenters. The number of pyridine rings is 1. The number of hydrogen-bond acceptors (Lipinski definition) is 3. The first kappa shape index (κ1) is 10.8. The molecule has 0 fully saturated rings. The Morgan fingerprint density at radius 3 is 2.86 bits per heavy atom. The number of carboxylic acids is 1. The number of carbonyl (C=O) groups is 1. The summed E-state index contributed by atoms with van der Waals surface area (Å²) in [6.07, 6.45) is 1.60. The standard InChI is InChI=1S/C9H11NO3S/c1-7(9(11)12)14(13)6-8-4-2-3-5-10-8/h2-5,7H,6H2,1H3,(H,11,12). The molecule has 1 aromatic heterocycles. The lowest BCUT2D eigenvalue weighted by Crippen LogP contribution is -2.23. The molecule has 76 valence electrons. The van der Waals surface area contributed by atoms with E-state index in [4.69, 9.17) is 5.11 Å². The van der Waals surface area contributed by atoms with E-state index >= 15 is 0 Å². The third-order valence-electron chi connectivity index (χ3n) is 1.76. The summed E-state index contributed by atoms with van der Waals surface area (Å²) in [6.45, 7) is 1.43. The normalized spacial score (nSPS) is 14.6. The highest BCUT2D eigenvalue weighted by molar-refractivity contribution is 7.85. The Balaban J connectivity index is 2.62. The van der Waals surface area contributed by atoms with E-state index in [1.807, 2.05) is 0 Å². The van der Waals surface area contributed by atoms with E-state index < -0.39 is 22.0 Å². The van der Waals surface area contributed by atoms with Gasteiger partial charge in [0.2, 0.25) is 0 Å².